The first kappa shape index (κ1) is 17.2. The molecule has 7 heteroatoms. The van der Waals surface area contributed by atoms with E-state index in [9.17, 15) is 4.79 Å². The third-order valence-corrected chi connectivity index (χ3v) is 3.97. The summed E-state index contributed by atoms with van der Waals surface area (Å²) in [4.78, 5) is 16.3. The van der Waals surface area contributed by atoms with Crippen LogP contribution in [0.1, 0.15) is 12.1 Å². The van der Waals surface area contributed by atoms with Crippen molar-refractivity contribution in [1.29, 1.82) is 0 Å². The number of hydrazone groups is 1. The summed E-state index contributed by atoms with van der Waals surface area (Å²) in [5, 5.41) is 4.94. The number of rotatable bonds is 7. The van der Waals surface area contributed by atoms with Crippen LogP contribution in [0.25, 0.3) is 10.9 Å². The molecule has 1 heterocycles. The third-order valence-electron chi connectivity index (χ3n) is 3.33. The van der Waals surface area contributed by atoms with Crippen LogP contribution >= 0.6 is 11.8 Å². The van der Waals surface area contributed by atoms with Gasteiger partial charge in [-0.25, -0.2) is 10.4 Å². The van der Waals surface area contributed by atoms with E-state index in [0.29, 0.717) is 5.69 Å². The summed E-state index contributed by atoms with van der Waals surface area (Å²) in [6.45, 7) is 0. The maximum atomic E-state index is 11.8. The number of hydrogen-bond acceptors (Lipinski definition) is 5. The normalized spacial score (nSPS) is 12.5. The molecular weight excluding hydrogens is 312 g/mol. The molecule has 0 spiro atoms. The summed E-state index contributed by atoms with van der Waals surface area (Å²) in [6, 6.07) is 9.15. The van der Waals surface area contributed by atoms with Crippen molar-refractivity contribution in [3.8, 4) is 5.75 Å². The lowest BCUT2D eigenvalue weighted by molar-refractivity contribution is -0.403. The highest BCUT2D eigenvalue weighted by Gasteiger charge is 2.15. The molecule has 2 aromatic rings. The van der Waals surface area contributed by atoms with Crippen molar-refractivity contribution in [1.82, 2.24) is 10.4 Å². The SMILES string of the molecule is COc1ccc2nc(/C=N\NC(=O)[C@@H]([NH3+])CCSC)ccc2c1. The zero-order valence-corrected chi connectivity index (χ0v) is 14.1. The Hall–Kier alpha value is -2.12. The van der Waals surface area contributed by atoms with E-state index in [2.05, 4.69) is 21.2 Å². The van der Waals surface area contributed by atoms with Crippen LogP contribution in [0.15, 0.2) is 35.4 Å². The quantitative estimate of drug-likeness (QED) is 0.585. The van der Waals surface area contributed by atoms with Crippen molar-refractivity contribution in [2.24, 2.45) is 5.10 Å². The van der Waals surface area contributed by atoms with Crippen LogP contribution in [0.3, 0.4) is 0 Å². The summed E-state index contributed by atoms with van der Waals surface area (Å²) >= 11 is 1.69. The zero-order chi connectivity index (χ0) is 16.7. The Morgan fingerprint density at radius 2 is 2.30 bits per heavy atom. The second-order valence-corrected chi connectivity index (χ2v) is 5.99. The lowest BCUT2D eigenvalue weighted by Crippen LogP contribution is -2.67. The number of benzene rings is 1. The van der Waals surface area contributed by atoms with Gasteiger partial charge in [0, 0.05) is 11.8 Å². The smallest absolute Gasteiger partial charge is 0.298 e. The molecule has 122 valence electrons. The minimum atomic E-state index is -0.295. The molecule has 1 atom stereocenters. The highest BCUT2D eigenvalue weighted by Crippen LogP contribution is 2.19. The van der Waals surface area contributed by atoms with Gasteiger partial charge in [-0.1, -0.05) is 6.07 Å². The van der Waals surface area contributed by atoms with Gasteiger partial charge in [0.15, 0.2) is 6.04 Å². The third kappa shape index (κ3) is 4.94. The van der Waals surface area contributed by atoms with Crippen molar-refractivity contribution in [3.05, 3.63) is 36.0 Å². The van der Waals surface area contributed by atoms with Crippen molar-refractivity contribution in [2.75, 3.05) is 19.1 Å². The number of aromatic nitrogens is 1. The van der Waals surface area contributed by atoms with E-state index >= 15 is 0 Å². The molecule has 1 aromatic carbocycles. The van der Waals surface area contributed by atoms with Crippen LogP contribution in [-0.2, 0) is 4.79 Å². The number of fused-ring (bicyclic) bond motifs is 1. The number of quaternary nitrogens is 1. The second-order valence-electron chi connectivity index (χ2n) is 5.01. The molecule has 1 aromatic heterocycles. The highest BCUT2D eigenvalue weighted by atomic mass is 32.2. The van der Waals surface area contributed by atoms with Gasteiger partial charge in [-0.15, -0.1) is 0 Å². The summed E-state index contributed by atoms with van der Waals surface area (Å²) in [7, 11) is 1.63. The lowest BCUT2D eigenvalue weighted by atomic mass is 10.2. The Labute approximate surface area is 139 Å². The summed E-state index contributed by atoms with van der Waals surface area (Å²) in [5.74, 6) is 1.52. The molecule has 0 fully saturated rings. The summed E-state index contributed by atoms with van der Waals surface area (Å²) < 4.78 is 5.19. The maximum absolute atomic E-state index is 11.8. The molecule has 1 amide bonds. The predicted molar refractivity (Wildman–Crippen MR) is 93.7 cm³/mol. The molecule has 23 heavy (non-hydrogen) atoms. The molecule has 0 unspecified atom stereocenters. The van der Waals surface area contributed by atoms with E-state index in [-0.39, 0.29) is 11.9 Å². The first-order chi connectivity index (χ1) is 11.1. The van der Waals surface area contributed by atoms with Gasteiger partial charge < -0.3 is 10.5 Å². The fourth-order valence-corrected chi connectivity index (χ4v) is 2.48. The van der Waals surface area contributed by atoms with Crippen molar-refractivity contribution in [2.45, 2.75) is 12.5 Å². The second kappa shape index (κ2) is 8.50. The number of pyridine rings is 1. The number of nitrogens with zero attached hydrogens (tertiary/aromatic N) is 2. The van der Waals surface area contributed by atoms with E-state index < -0.39 is 0 Å². The van der Waals surface area contributed by atoms with E-state index in [1.807, 2.05) is 36.6 Å². The summed E-state index contributed by atoms with van der Waals surface area (Å²) in [6.07, 6.45) is 4.27. The number of amides is 1. The first-order valence-corrected chi connectivity index (χ1v) is 8.63. The van der Waals surface area contributed by atoms with Crippen LogP contribution in [0.2, 0.25) is 0 Å². The highest BCUT2D eigenvalue weighted by molar-refractivity contribution is 7.98. The van der Waals surface area contributed by atoms with Crippen LogP contribution in [0.4, 0.5) is 0 Å². The Morgan fingerprint density at radius 3 is 3.04 bits per heavy atom. The van der Waals surface area contributed by atoms with Crippen molar-refractivity contribution in [3.63, 3.8) is 0 Å². The maximum Gasteiger partial charge on any atom is 0.298 e. The average molecular weight is 333 g/mol. The van der Waals surface area contributed by atoms with Gasteiger partial charge in [0.2, 0.25) is 0 Å². The van der Waals surface area contributed by atoms with Gasteiger partial charge >= 0.3 is 0 Å². The molecule has 0 saturated carbocycles. The molecular formula is C16H21N4O2S+. The largest absolute Gasteiger partial charge is 0.497 e. The number of thioether (sulfide) groups is 1. The standard InChI is InChI=1S/C16H20N4O2S/c1-22-13-5-6-15-11(9-13)3-4-12(19-15)10-18-20-16(21)14(17)7-8-23-2/h3-6,9-10,14H,7-8,17H2,1-2H3,(H,20,21)/p+1/b18-10-/t14-/m0/s1. The number of methoxy groups -OCH3 is 1. The van der Waals surface area contributed by atoms with E-state index in [1.54, 1.807) is 18.9 Å². The van der Waals surface area contributed by atoms with Gasteiger partial charge in [0.05, 0.1) is 24.5 Å². The molecule has 2 rings (SSSR count). The number of carbonyl (C=O) groups is 1. The van der Waals surface area contributed by atoms with Gasteiger partial charge in [0.25, 0.3) is 5.91 Å². The molecule has 0 bridgehead atoms. The fourth-order valence-electron chi connectivity index (χ4n) is 1.96. The molecule has 4 N–H and O–H groups in total. The van der Waals surface area contributed by atoms with Gasteiger partial charge in [0.1, 0.15) is 5.75 Å². The topological polar surface area (TPSA) is 91.2 Å². The monoisotopic (exact) mass is 333 g/mol. The molecule has 0 aliphatic heterocycles. The van der Waals surface area contributed by atoms with Gasteiger partial charge in [-0.05, 0) is 36.3 Å². The Kier molecular flexibility index (Phi) is 6.37. The van der Waals surface area contributed by atoms with Crippen LogP contribution in [-0.4, -0.2) is 42.3 Å². The van der Waals surface area contributed by atoms with Crippen LogP contribution < -0.4 is 15.9 Å². The molecule has 0 saturated heterocycles. The number of carbonyl (C=O) groups excluding carboxylic acids is 1. The molecule has 0 aliphatic rings. The van der Waals surface area contributed by atoms with Crippen molar-refractivity contribution >= 4 is 34.8 Å². The lowest BCUT2D eigenvalue weighted by Gasteiger charge is -2.05. The molecule has 0 aliphatic carbocycles. The van der Waals surface area contributed by atoms with Crippen LogP contribution in [0, 0.1) is 0 Å². The average Bonchev–Trinajstić information content (AvgIpc) is 2.58. The van der Waals surface area contributed by atoms with Gasteiger partial charge in [-0.3, -0.25) is 4.79 Å². The fraction of sp³-hybridized carbons (Fsp3) is 0.312. The van der Waals surface area contributed by atoms with E-state index in [0.717, 1.165) is 28.8 Å². The number of ether oxygens (including phenoxy) is 1. The predicted octanol–water partition coefficient (Wildman–Crippen LogP) is 1.06. The Bertz CT molecular complexity index is 706. The van der Waals surface area contributed by atoms with Crippen LogP contribution in [0.5, 0.6) is 5.75 Å². The minimum absolute atomic E-state index is 0.180. The van der Waals surface area contributed by atoms with Crippen molar-refractivity contribution < 1.29 is 15.3 Å². The number of nitrogens with one attached hydrogen (secondary N) is 1. The van der Waals surface area contributed by atoms with Gasteiger partial charge in [-0.2, -0.15) is 16.9 Å². The Balaban J connectivity index is 1.99. The minimum Gasteiger partial charge on any atom is -0.497 e. The Morgan fingerprint density at radius 1 is 1.48 bits per heavy atom. The molecule has 6 nitrogen and oxygen atoms in total. The number of hydrogen-bond donors (Lipinski definition) is 2. The van der Waals surface area contributed by atoms with E-state index in [4.69, 9.17) is 4.74 Å². The zero-order valence-electron chi connectivity index (χ0n) is 13.3. The van der Waals surface area contributed by atoms with E-state index in [1.165, 1.54) is 6.21 Å². The molecule has 0 radical (unpaired) electrons. The summed E-state index contributed by atoms with van der Waals surface area (Å²) in [5.41, 5.74) is 7.85. The first-order valence-electron chi connectivity index (χ1n) is 7.24.